The number of quaternary nitrogens is 1. The Morgan fingerprint density at radius 3 is 2.48 bits per heavy atom. The van der Waals surface area contributed by atoms with E-state index in [1.807, 2.05) is 67.7 Å². The van der Waals surface area contributed by atoms with E-state index in [-0.39, 0.29) is 5.91 Å². The lowest BCUT2D eigenvalue weighted by Crippen LogP contribution is -3.08. The van der Waals surface area contributed by atoms with E-state index < -0.39 is 0 Å². The molecule has 5 heteroatoms. The van der Waals surface area contributed by atoms with Crippen LogP contribution in [-0.4, -0.2) is 33.7 Å². The number of nitrogens with one attached hydrogen (secondary N) is 2. The van der Waals surface area contributed by atoms with Gasteiger partial charge < -0.3 is 19.7 Å². The van der Waals surface area contributed by atoms with Gasteiger partial charge in [0, 0.05) is 11.1 Å². The molecule has 0 aromatic heterocycles. The predicted octanol–water partition coefficient (Wildman–Crippen LogP) is 2.51. The van der Waals surface area contributed by atoms with Crippen LogP contribution in [0.4, 0.5) is 5.69 Å². The molecular weight excluding hydrogens is 340 g/mol. The highest BCUT2D eigenvalue weighted by Crippen LogP contribution is 2.30. The van der Waals surface area contributed by atoms with Crippen molar-refractivity contribution in [2.75, 3.05) is 33.1 Å². The maximum absolute atomic E-state index is 12.5. The number of benzene rings is 3. The first-order valence-corrected chi connectivity index (χ1v) is 8.91. The van der Waals surface area contributed by atoms with Gasteiger partial charge in [0.25, 0.3) is 5.91 Å². The van der Waals surface area contributed by atoms with Crippen molar-refractivity contribution in [3.63, 3.8) is 0 Å². The van der Waals surface area contributed by atoms with E-state index in [0.717, 1.165) is 26.9 Å². The second-order valence-electron chi connectivity index (χ2n) is 6.54. The molecule has 2 N–H and O–H groups in total. The molecule has 1 amide bonds. The molecular formula is C22H25N2O3+. The fraction of sp³-hybridized carbons (Fsp3) is 0.227. The average Bonchev–Trinajstić information content (AvgIpc) is 2.67. The van der Waals surface area contributed by atoms with Crippen LogP contribution in [0.3, 0.4) is 0 Å². The quantitative estimate of drug-likeness (QED) is 0.676. The molecule has 27 heavy (non-hydrogen) atoms. The van der Waals surface area contributed by atoms with Crippen LogP contribution >= 0.6 is 0 Å². The van der Waals surface area contributed by atoms with E-state index in [1.54, 1.807) is 14.2 Å². The van der Waals surface area contributed by atoms with Gasteiger partial charge in [-0.05, 0) is 23.6 Å². The lowest BCUT2D eigenvalue weighted by molar-refractivity contribution is -0.885. The van der Waals surface area contributed by atoms with Crippen LogP contribution in [0.25, 0.3) is 10.8 Å². The summed E-state index contributed by atoms with van der Waals surface area (Å²) in [7, 11) is 5.24. The van der Waals surface area contributed by atoms with E-state index in [0.29, 0.717) is 24.6 Å². The Morgan fingerprint density at radius 2 is 1.70 bits per heavy atom. The van der Waals surface area contributed by atoms with Gasteiger partial charge in [0.2, 0.25) is 0 Å². The van der Waals surface area contributed by atoms with Gasteiger partial charge in [-0.25, -0.2) is 0 Å². The molecule has 0 radical (unpaired) electrons. The SMILES string of the molecule is COc1cccc(C[NH+](C)CC(=O)Nc2cccc3ccccc23)c1OC. The highest BCUT2D eigenvalue weighted by molar-refractivity contribution is 6.02. The smallest absolute Gasteiger partial charge is 0.279 e. The summed E-state index contributed by atoms with van der Waals surface area (Å²) in [6.45, 7) is 1.01. The molecule has 0 saturated carbocycles. The van der Waals surface area contributed by atoms with Crippen molar-refractivity contribution >= 4 is 22.4 Å². The van der Waals surface area contributed by atoms with E-state index >= 15 is 0 Å². The number of hydrogen-bond donors (Lipinski definition) is 2. The first-order chi connectivity index (χ1) is 13.1. The highest BCUT2D eigenvalue weighted by Gasteiger charge is 2.16. The first kappa shape index (κ1) is 18.7. The first-order valence-electron chi connectivity index (χ1n) is 8.91. The normalized spacial score (nSPS) is 11.8. The van der Waals surface area contributed by atoms with Gasteiger partial charge in [-0.2, -0.15) is 0 Å². The van der Waals surface area contributed by atoms with Crippen LogP contribution in [0.2, 0.25) is 0 Å². The zero-order valence-electron chi connectivity index (χ0n) is 15.9. The molecule has 140 valence electrons. The number of carbonyl (C=O) groups is 1. The van der Waals surface area contributed by atoms with Crippen LogP contribution in [0, 0.1) is 0 Å². The molecule has 0 heterocycles. The van der Waals surface area contributed by atoms with E-state index in [9.17, 15) is 4.79 Å². The van der Waals surface area contributed by atoms with Gasteiger partial charge in [0.15, 0.2) is 18.0 Å². The molecule has 1 atom stereocenters. The molecule has 1 unspecified atom stereocenters. The van der Waals surface area contributed by atoms with Gasteiger partial charge in [0.1, 0.15) is 6.54 Å². The minimum atomic E-state index is -0.0225. The fourth-order valence-electron chi connectivity index (χ4n) is 3.28. The number of ether oxygens (including phenoxy) is 2. The monoisotopic (exact) mass is 365 g/mol. The van der Waals surface area contributed by atoms with Gasteiger partial charge >= 0.3 is 0 Å². The third kappa shape index (κ3) is 4.38. The molecule has 3 rings (SSSR count). The fourth-order valence-corrected chi connectivity index (χ4v) is 3.28. The molecule has 3 aromatic rings. The maximum atomic E-state index is 12.5. The number of rotatable bonds is 7. The molecule has 0 aliphatic rings. The lowest BCUT2D eigenvalue weighted by Gasteiger charge is -2.17. The summed E-state index contributed by atoms with van der Waals surface area (Å²) in [6.07, 6.45) is 0. The topological polar surface area (TPSA) is 52.0 Å². The summed E-state index contributed by atoms with van der Waals surface area (Å²) >= 11 is 0. The minimum absolute atomic E-state index is 0.0225. The average molecular weight is 365 g/mol. The van der Waals surface area contributed by atoms with Crippen molar-refractivity contribution in [1.82, 2.24) is 0 Å². The third-order valence-electron chi connectivity index (χ3n) is 4.50. The molecule has 3 aromatic carbocycles. The zero-order valence-corrected chi connectivity index (χ0v) is 15.9. The Bertz CT molecular complexity index is 934. The Balaban J connectivity index is 1.68. The summed E-state index contributed by atoms with van der Waals surface area (Å²) in [5, 5.41) is 5.19. The molecule has 0 aliphatic heterocycles. The standard InChI is InChI=1S/C22H24N2O3/c1-24(14-17-10-7-13-20(26-2)22(17)27-3)15-21(25)23-19-12-6-9-16-8-4-5-11-18(16)19/h4-13H,14-15H2,1-3H3,(H,23,25)/p+1. The number of anilines is 1. The van der Waals surface area contributed by atoms with Gasteiger partial charge in [-0.3, -0.25) is 4.79 Å². The molecule has 5 nitrogen and oxygen atoms in total. The van der Waals surface area contributed by atoms with Crippen molar-refractivity contribution in [3.8, 4) is 11.5 Å². The minimum Gasteiger partial charge on any atom is -0.493 e. The number of likely N-dealkylation sites (N-methyl/N-ethyl adjacent to an activating group) is 1. The summed E-state index contributed by atoms with van der Waals surface area (Å²) < 4.78 is 10.8. The molecule has 0 saturated heterocycles. The van der Waals surface area contributed by atoms with Crippen LogP contribution in [-0.2, 0) is 11.3 Å². The molecule has 0 spiro atoms. The van der Waals surface area contributed by atoms with E-state index in [2.05, 4.69) is 5.32 Å². The van der Waals surface area contributed by atoms with Gasteiger partial charge in [-0.15, -0.1) is 0 Å². The summed E-state index contributed by atoms with van der Waals surface area (Å²) in [4.78, 5) is 13.6. The van der Waals surface area contributed by atoms with Crippen molar-refractivity contribution in [2.45, 2.75) is 6.54 Å². The largest absolute Gasteiger partial charge is 0.493 e. The van der Waals surface area contributed by atoms with Gasteiger partial charge in [0.05, 0.1) is 26.8 Å². The lowest BCUT2D eigenvalue weighted by atomic mass is 10.1. The maximum Gasteiger partial charge on any atom is 0.279 e. The summed E-state index contributed by atoms with van der Waals surface area (Å²) in [6, 6.07) is 19.7. The van der Waals surface area contributed by atoms with E-state index in [1.165, 1.54) is 0 Å². The third-order valence-corrected chi connectivity index (χ3v) is 4.50. The molecule has 0 fully saturated rings. The van der Waals surface area contributed by atoms with Crippen molar-refractivity contribution in [3.05, 3.63) is 66.2 Å². The highest BCUT2D eigenvalue weighted by atomic mass is 16.5. The Kier molecular flexibility index (Phi) is 5.94. The van der Waals surface area contributed by atoms with Crippen LogP contribution in [0.5, 0.6) is 11.5 Å². The Labute approximate surface area is 159 Å². The van der Waals surface area contributed by atoms with Crippen LogP contribution < -0.4 is 19.7 Å². The second-order valence-corrected chi connectivity index (χ2v) is 6.54. The number of amides is 1. The Hall–Kier alpha value is -3.05. The summed E-state index contributed by atoms with van der Waals surface area (Å²) in [5.41, 5.74) is 1.84. The second kappa shape index (κ2) is 8.56. The summed E-state index contributed by atoms with van der Waals surface area (Å²) in [5.74, 6) is 1.39. The van der Waals surface area contributed by atoms with E-state index in [4.69, 9.17) is 9.47 Å². The predicted molar refractivity (Wildman–Crippen MR) is 108 cm³/mol. The van der Waals surface area contributed by atoms with Crippen molar-refractivity contribution < 1.29 is 19.2 Å². The van der Waals surface area contributed by atoms with Gasteiger partial charge in [-0.1, -0.05) is 42.5 Å². The number of fused-ring (bicyclic) bond motifs is 1. The number of methoxy groups -OCH3 is 2. The van der Waals surface area contributed by atoms with Crippen LogP contribution in [0.15, 0.2) is 60.7 Å². The van der Waals surface area contributed by atoms with Crippen LogP contribution in [0.1, 0.15) is 5.56 Å². The number of carbonyl (C=O) groups excluding carboxylic acids is 1. The molecule has 0 aliphatic carbocycles. The Morgan fingerprint density at radius 1 is 0.963 bits per heavy atom. The number of hydrogen-bond acceptors (Lipinski definition) is 3. The van der Waals surface area contributed by atoms with Crippen molar-refractivity contribution in [1.29, 1.82) is 0 Å². The molecule has 0 bridgehead atoms. The van der Waals surface area contributed by atoms with Crippen molar-refractivity contribution in [2.24, 2.45) is 0 Å². The zero-order chi connectivity index (χ0) is 19.2. The number of para-hydroxylation sites is 1.